The molecule has 0 aromatic heterocycles. The predicted molar refractivity (Wildman–Crippen MR) is 59.3 cm³/mol. The highest BCUT2D eigenvalue weighted by Crippen LogP contribution is 2.50. The van der Waals surface area contributed by atoms with Crippen molar-refractivity contribution in [1.82, 2.24) is 0 Å². The van der Waals surface area contributed by atoms with Gasteiger partial charge in [0.05, 0.1) is 0 Å². The van der Waals surface area contributed by atoms with Gasteiger partial charge in [0.25, 0.3) is 0 Å². The highest BCUT2D eigenvalue weighted by atomic mass is 32.4. The van der Waals surface area contributed by atoms with Gasteiger partial charge in [-0.1, -0.05) is 42.1 Å². The third-order valence-electron chi connectivity index (χ3n) is 2.52. The van der Waals surface area contributed by atoms with Crippen LogP contribution in [0.2, 0.25) is 0 Å². The molecule has 0 bridgehead atoms. The van der Waals surface area contributed by atoms with Crippen LogP contribution in [-0.2, 0) is 11.8 Å². The first-order valence-electron chi connectivity index (χ1n) is 4.45. The minimum absolute atomic E-state index is 1.09. The number of rotatable bonds is 1. The summed E-state index contributed by atoms with van der Waals surface area (Å²) in [4.78, 5) is 0. The summed E-state index contributed by atoms with van der Waals surface area (Å²) in [6.07, 6.45) is 5.30. The van der Waals surface area contributed by atoms with Crippen molar-refractivity contribution in [3.05, 3.63) is 30.3 Å². The summed E-state index contributed by atoms with van der Waals surface area (Å²) in [5.74, 6) is 0. The number of hydrogen-bond donors (Lipinski definition) is 0. The first-order valence-corrected chi connectivity index (χ1v) is 7.62. The topological polar surface area (TPSA) is 0 Å². The van der Waals surface area contributed by atoms with Crippen LogP contribution in [0.25, 0.3) is 0 Å². The van der Waals surface area contributed by atoms with Gasteiger partial charge in [-0.15, -0.1) is 0 Å². The van der Waals surface area contributed by atoms with Crippen LogP contribution in [0, 0.1) is 0 Å². The predicted octanol–water partition coefficient (Wildman–Crippen LogP) is 2.59. The van der Waals surface area contributed by atoms with E-state index >= 15 is 0 Å². The summed E-state index contributed by atoms with van der Waals surface area (Å²) >= 11 is 5.74. The van der Waals surface area contributed by atoms with E-state index in [4.69, 9.17) is 11.8 Å². The van der Waals surface area contributed by atoms with Crippen LogP contribution in [0.5, 0.6) is 0 Å². The third kappa shape index (κ3) is 1.48. The SMILES string of the molecule is S=P1(c2ccccc2)CCCC1. The molecule has 0 atom stereocenters. The van der Waals surface area contributed by atoms with Crippen LogP contribution in [0.1, 0.15) is 12.8 Å². The van der Waals surface area contributed by atoms with Crippen LogP contribution >= 0.6 is 6.04 Å². The Hall–Kier alpha value is -0.130. The Morgan fingerprint density at radius 1 is 1.00 bits per heavy atom. The summed E-state index contributed by atoms with van der Waals surface area (Å²) in [5.41, 5.74) is 0. The van der Waals surface area contributed by atoms with Crippen LogP contribution in [0.15, 0.2) is 30.3 Å². The van der Waals surface area contributed by atoms with Crippen LogP contribution in [0.4, 0.5) is 0 Å². The molecule has 2 rings (SSSR count). The summed E-state index contributed by atoms with van der Waals surface area (Å²) < 4.78 is 0. The largest absolute Gasteiger partial charge is 0.0926 e. The van der Waals surface area contributed by atoms with E-state index in [9.17, 15) is 0 Å². The minimum Gasteiger partial charge on any atom is -0.0926 e. The van der Waals surface area contributed by atoms with Crippen molar-refractivity contribution in [2.45, 2.75) is 12.8 Å². The van der Waals surface area contributed by atoms with Gasteiger partial charge in [0.2, 0.25) is 0 Å². The number of benzene rings is 1. The zero-order valence-corrected chi connectivity index (χ0v) is 8.78. The van der Waals surface area contributed by atoms with Gasteiger partial charge in [-0.05, 0) is 36.5 Å². The van der Waals surface area contributed by atoms with E-state index in [0.717, 1.165) is 0 Å². The zero-order chi connectivity index (χ0) is 8.44. The fourth-order valence-corrected chi connectivity index (χ4v) is 5.87. The Balaban J connectivity index is 2.36. The van der Waals surface area contributed by atoms with Gasteiger partial charge in [-0.2, -0.15) is 0 Å². The van der Waals surface area contributed by atoms with Gasteiger partial charge < -0.3 is 0 Å². The summed E-state index contributed by atoms with van der Waals surface area (Å²) in [7, 11) is 0. The average molecular weight is 196 g/mol. The van der Waals surface area contributed by atoms with Gasteiger partial charge in [-0.3, -0.25) is 0 Å². The molecule has 64 valence electrons. The average Bonchev–Trinajstić information content (AvgIpc) is 2.55. The van der Waals surface area contributed by atoms with Crippen LogP contribution in [0.3, 0.4) is 0 Å². The molecule has 0 nitrogen and oxygen atoms in total. The molecule has 0 amide bonds. The molecule has 0 aliphatic carbocycles. The molecule has 1 aromatic rings. The molecule has 0 spiro atoms. The van der Waals surface area contributed by atoms with Crippen molar-refractivity contribution < 1.29 is 0 Å². The molecular formula is C10H13PS. The molecule has 2 heteroatoms. The summed E-state index contributed by atoms with van der Waals surface area (Å²) in [6.45, 7) is 0. The summed E-state index contributed by atoms with van der Waals surface area (Å²) in [6, 6.07) is 9.64. The van der Waals surface area contributed by atoms with E-state index in [1.165, 1.54) is 30.5 Å². The third-order valence-corrected chi connectivity index (χ3v) is 7.56. The normalized spacial score (nSPS) is 21.0. The molecule has 12 heavy (non-hydrogen) atoms. The maximum Gasteiger partial charge on any atom is -0.0142 e. The molecule has 1 fully saturated rings. The zero-order valence-electron chi connectivity index (χ0n) is 7.07. The Morgan fingerprint density at radius 2 is 1.58 bits per heavy atom. The van der Waals surface area contributed by atoms with Crippen LogP contribution in [-0.4, -0.2) is 12.3 Å². The fourth-order valence-electron chi connectivity index (χ4n) is 1.80. The first-order chi connectivity index (χ1) is 5.81. The Bertz CT molecular complexity index is 295. The number of hydrogen-bond acceptors (Lipinski definition) is 1. The lowest BCUT2D eigenvalue weighted by Gasteiger charge is -2.14. The molecular weight excluding hydrogens is 183 g/mol. The quantitative estimate of drug-likeness (QED) is 0.622. The molecule has 0 unspecified atom stereocenters. The van der Waals surface area contributed by atoms with Crippen molar-refractivity contribution in [3.8, 4) is 0 Å². The molecule has 0 saturated carbocycles. The van der Waals surface area contributed by atoms with Crippen molar-refractivity contribution in [2.75, 3.05) is 12.3 Å². The Kier molecular flexibility index (Phi) is 2.34. The fraction of sp³-hybridized carbons (Fsp3) is 0.400. The van der Waals surface area contributed by atoms with Gasteiger partial charge in [0.1, 0.15) is 0 Å². The van der Waals surface area contributed by atoms with Gasteiger partial charge >= 0.3 is 0 Å². The lowest BCUT2D eigenvalue weighted by atomic mass is 10.4. The van der Waals surface area contributed by atoms with E-state index in [0.29, 0.717) is 0 Å². The molecule has 1 aliphatic heterocycles. The standard InChI is InChI=1S/C10H13PS/c12-11(8-4-5-9-11)10-6-2-1-3-7-10/h1-3,6-7H,4-5,8-9H2. The monoisotopic (exact) mass is 196 g/mol. The highest BCUT2D eigenvalue weighted by Gasteiger charge is 2.23. The van der Waals surface area contributed by atoms with Gasteiger partial charge in [0, 0.05) is 0 Å². The molecule has 0 N–H and O–H groups in total. The van der Waals surface area contributed by atoms with E-state index in [2.05, 4.69) is 30.3 Å². The maximum atomic E-state index is 5.74. The summed E-state index contributed by atoms with van der Waals surface area (Å²) in [5, 5.41) is 1.46. The minimum atomic E-state index is -1.09. The first kappa shape index (κ1) is 8.47. The molecule has 0 radical (unpaired) electrons. The van der Waals surface area contributed by atoms with E-state index in [1.54, 1.807) is 0 Å². The Labute approximate surface area is 79.0 Å². The van der Waals surface area contributed by atoms with Gasteiger partial charge in [-0.25, -0.2) is 0 Å². The van der Waals surface area contributed by atoms with Crippen molar-refractivity contribution in [2.24, 2.45) is 0 Å². The van der Waals surface area contributed by atoms with E-state index in [-0.39, 0.29) is 0 Å². The second kappa shape index (κ2) is 3.32. The van der Waals surface area contributed by atoms with Crippen molar-refractivity contribution >= 4 is 23.1 Å². The van der Waals surface area contributed by atoms with Crippen molar-refractivity contribution in [1.29, 1.82) is 0 Å². The van der Waals surface area contributed by atoms with Gasteiger partial charge in [0.15, 0.2) is 0 Å². The second-order valence-electron chi connectivity index (χ2n) is 3.38. The van der Waals surface area contributed by atoms with Crippen LogP contribution < -0.4 is 5.30 Å². The highest BCUT2D eigenvalue weighted by molar-refractivity contribution is 8.18. The second-order valence-corrected chi connectivity index (χ2v) is 8.67. The van der Waals surface area contributed by atoms with E-state index < -0.39 is 6.04 Å². The van der Waals surface area contributed by atoms with E-state index in [1.807, 2.05) is 0 Å². The molecule has 1 saturated heterocycles. The lowest BCUT2D eigenvalue weighted by Crippen LogP contribution is -2.04. The molecule has 1 heterocycles. The Morgan fingerprint density at radius 3 is 2.17 bits per heavy atom. The van der Waals surface area contributed by atoms with Crippen molar-refractivity contribution in [3.63, 3.8) is 0 Å². The molecule has 1 aliphatic rings. The lowest BCUT2D eigenvalue weighted by molar-refractivity contribution is 0.949. The molecule has 1 aromatic carbocycles. The smallest absolute Gasteiger partial charge is 0.0142 e. The maximum absolute atomic E-state index is 5.74.